The van der Waals surface area contributed by atoms with Crippen LogP contribution >= 0.6 is 0 Å². The predicted octanol–water partition coefficient (Wildman–Crippen LogP) is 4.18. The predicted molar refractivity (Wildman–Crippen MR) is 166 cm³/mol. The van der Waals surface area contributed by atoms with Crippen LogP contribution in [-0.2, 0) is 32.6 Å². The van der Waals surface area contributed by atoms with Gasteiger partial charge in [0.25, 0.3) is 15.7 Å². The topological polar surface area (TPSA) is 139 Å². The standard InChI is InChI=1S/C32H32N4O7S/c1-33-32(38)30(20-24-11-5-3-6-12-24)34(22-25-13-9-16-28(19-25)43-2)31(37)23-35(26-14-10-15-27(21-26)36(39)40)44(41,42)29-17-7-4-8-18-29/h3-19,21,30H,20,22-23H2,1-2H3,(H,33,38)/t30-/m1/s1. The van der Waals surface area contributed by atoms with Gasteiger partial charge in [-0.05, 0) is 41.5 Å². The number of carbonyl (C=O) groups is 2. The molecule has 0 aliphatic carbocycles. The molecule has 12 heteroatoms. The third-order valence-corrected chi connectivity index (χ3v) is 8.73. The Bertz CT molecular complexity index is 1720. The third kappa shape index (κ3) is 7.58. The summed E-state index contributed by atoms with van der Waals surface area (Å²) in [7, 11) is -1.40. The fraction of sp³-hybridized carbons (Fsp3) is 0.188. The number of hydrogen-bond acceptors (Lipinski definition) is 7. The van der Waals surface area contributed by atoms with Crippen LogP contribution in [0.25, 0.3) is 0 Å². The van der Waals surface area contributed by atoms with E-state index in [4.69, 9.17) is 4.74 Å². The minimum absolute atomic E-state index is 0.0465. The molecule has 0 aromatic heterocycles. The Morgan fingerprint density at radius 2 is 1.52 bits per heavy atom. The maximum Gasteiger partial charge on any atom is 0.271 e. The van der Waals surface area contributed by atoms with E-state index in [1.165, 1.54) is 61.5 Å². The molecule has 1 atom stereocenters. The van der Waals surface area contributed by atoms with Crippen molar-refractivity contribution >= 4 is 33.2 Å². The number of rotatable bonds is 13. The SMILES string of the molecule is CNC(=O)[C@@H](Cc1ccccc1)N(Cc1cccc(OC)c1)C(=O)CN(c1cccc([N+](=O)[O-])c1)S(=O)(=O)c1ccccc1. The molecule has 4 aromatic rings. The van der Waals surface area contributed by atoms with E-state index in [-0.39, 0.29) is 29.2 Å². The van der Waals surface area contributed by atoms with Crippen molar-refractivity contribution in [3.8, 4) is 5.75 Å². The summed E-state index contributed by atoms with van der Waals surface area (Å²) in [5.41, 5.74) is 1.02. The number of benzene rings is 4. The number of nitrogens with zero attached hydrogens (tertiary/aromatic N) is 3. The monoisotopic (exact) mass is 616 g/mol. The number of ether oxygens (including phenoxy) is 1. The minimum Gasteiger partial charge on any atom is -0.497 e. The van der Waals surface area contributed by atoms with Crippen LogP contribution < -0.4 is 14.4 Å². The second kappa shape index (κ2) is 14.3. The van der Waals surface area contributed by atoms with Crippen molar-refractivity contribution in [2.24, 2.45) is 0 Å². The van der Waals surface area contributed by atoms with E-state index in [0.717, 1.165) is 15.9 Å². The maximum absolute atomic E-state index is 14.3. The Balaban J connectivity index is 1.82. The highest BCUT2D eigenvalue weighted by atomic mass is 32.2. The number of hydrogen-bond donors (Lipinski definition) is 1. The third-order valence-electron chi connectivity index (χ3n) is 6.94. The van der Waals surface area contributed by atoms with Crippen LogP contribution in [0.1, 0.15) is 11.1 Å². The Hall–Kier alpha value is -5.23. The molecule has 0 aliphatic rings. The van der Waals surface area contributed by atoms with Crippen molar-refractivity contribution in [2.45, 2.75) is 23.9 Å². The molecule has 0 aliphatic heterocycles. The maximum atomic E-state index is 14.3. The second-order valence-electron chi connectivity index (χ2n) is 9.79. The molecule has 0 unspecified atom stereocenters. The zero-order valence-electron chi connectivity index (χ0n) is 24.2. The molecule has 0 radical (unpaired) electrons. The highest BCUT2D eigenvalue weighted by Gasteiger charge is 2.34. The average Bonchev–Trinajstić information content (AvgIpc) is 3.05. The Kier molecular flexibility index (Phi) is 10.3. The first-order chi connectivity index (χ1) is 21.1. The molecule has 1 N–H and O–H groups in total. The molecule has 0 fully saturated rings. The van der Waals surface area contributed by atoms with Gasteiger partial charge in [0.05, 0.1) is 22.6 Å². The fourth-order valence-corrected chi connectivity index (χ4v) is 6.13. The Morgan fingerprint density at radius 1 is 0.886 bits per heavy atom. The highest BCUT2D eigenvalue weighted by molar-refractivity contribution is 7.92. The summed E-state index contributed by atoms with van der Waals surface area (Å²) in [5, 5.41) is 14.2. The zero-order valence-corrected chi connectivity index (χ0v) is 25.0. The molecule has 44 heavy (non-hydrogen) atoms. The summed E-state index contributed by atoms with van der Waals surface area (Å²) in [6.45, 7) is -0.778. The second-order valence-corrected chi connectivity index (χ2v) is 11.7. The smallest absolute Gasteiger partial charge is 0.271 e. The first-order valence-electron chi connectivity index (χ1n) is 13.6. The number of sulfonamides is 1. The van der Waals surface area contributed by atoms with Crippen molar-refractivity contribution < 1.29 is 27.7 Å². The normalized spacial score (nSPS) is 11.7. The van der Waals surface area contributed by atoms with Gasteiger partial charge in [0.15, 0.2) is 0 Å². The van der Waals surface area contributed by atoms with Gasteiger partial charge < -0.3 is 15.0 Å². The molecular formula is C32H32N4O7S. The van der Waals surface area contributed by atoms with Gasteiger partial charge >= 0.3 is 0 Å². The van der Waals surface area contributed by atoms with E-state index in [9.17, 15) is 28.1 Å². The molecule has 0 saturated carbocycles. The molecule has 0 saturated heterocycles. The first-order valence-corrected chi connectivity index (χ1v) is 15.1. The number of carbonyl (C=O) groups excluding carboxylic acids is 2. The molecule has 4 rings (SSSR count). The molecule has 0 spiro atoms. The number of nitrogens with one attached hydrogen (secondary N) is 1. The van der Waals surface area contributed by atoms with Gasteiger partial charge in [-0.1, -0.05) is 66.7 Å². The molecule has 0 bridgehead atoms. The number of amides is 2. The minimum atomic E-state index is -4.38. The van der Waals surface area contributed by atoms with Crippen molar-refractivity contribution in [3.63, 3.8) is 0 Å². The molecule has 4 aromatic carbocycles. The van der Waals surface area contributed by atoms with E-state index < -0.39 is 39.3 Å². The van der Waals surface area contributed by atoms with Gasteiger partial charge in [-0.3, -0.25) is 24.0 Å². The molecule has 228 valence electrons. The lowest BCUT2D eigenvalue weighted by molar-refractivity contribution is -0.384. The van der Waals surface area contributed by atoms with Crippen LogP contribution in [0.5, 0.6) is 5.75 Å². The van der Waals surface area contributed by atoms with E-state index in [0.29, 0.717) is 11.3 Å². The van der Waals surface area contributed by atoms with Gasteiger partial charge in [0.2, 0.25) is 11.8 Å². The van der Waals surface area contributed by atoms with E-state index >= 15 is 0 Å². The largest absolute Gasteiger partial charge is 0.497 e. The quantitative estimate of drug-likeness (QED) is 0.176. The van der Waals surface area contributed by atoms with E-state index in [1.54, 1.807) is 30.3 Å². The number of methoxy groups -OCH3 is 1. The Morgan fingerprint density at radius 3 is 2.16 bits per heavy atom. The number of anilines is 1. The van der Waals surface area contributed by atoms with Crippen LogP contribution in [0.3, 0.4) is 0 Å². The van der Waals surface area contributed by atoms with Crippen LogP contribution in [0.4, 0.5) is 11.4 Å². The van der Waals surface area contributed by atoms with Gasteiger partial charge in [-0.25, -0.2) is 8.42 Å². The van der Waals surface area contributed by atoms with Crippen molar-refractivity contribution in [2.75, 3.05) is 25.0 Å². The lowest BCUT2D eigenvalue weighted by Crippen LogP contribution is -2.53. The fourth-order valence-electron chi connectivity index (χ4n) is 4.70. The van der Waals surface area contributed by atoms with Crippen LogP contribution in [0.2, 0.25) is 0 Å². The lowest BCUT2D eigenvalue weighted by atomic mass is 10.0. The first kappa shape index (κ1) is 31.7. The highest BCUT2D eigenvalue weighted by Crippen LogP contribution is 2.28. The zero-order chi connectivity index (χ0) is 31.7. The molecular weight excluding hydrogens is 584 g/mol. The summed E-state index contributed by atoms with van der Waals surface area (Å²) in [5.74, 6) is -0.597. The summed E-state index contributed by atoms with van der Waals surface area (Å²) < 4.78 is 34.1. The number of nitro benzene ring substituents is 1. The van der Waals surface area contributed by atoms with Crippen LogP contribution in [-0.4, -0.2) is 56.8 Å². The van der Waals surface area contributed by atoms with Gasteiger partial charge in [0.1, 0.15) is 18.3 Å². The summed E-state index contributed by atoms with van der Waals surface area (Å²) in [6.07, 6.45) is 0.151. The van der Waals surface area contributed by atoms with E-state index in [1.807, 2.05) is 30.3 Å². The summed E-state index contributed by atoms with van der Waals surface area (Å²) >= 11 is 0. The molecule has 11 nitrogen and oxygen atoms in total. The van der Waals surface area contributed by atoms with Crippen molar-refractivity contribution in [1.29, 1.82) is 0 Å². The van der Waals surface area contributed by atoms with Crippen molar-refractivity contribution in [3.05, 3.63) is 130 Å². The van der Waals surface area contributed by atoms with Crippen LogP contribution in [0, 0.1) is 10.1 Å². The summed E-state index contributed by atoms with van der Waals surface area (Å²) in [4.78, 5) is 39.8. The van der Waals surface area contributed by atoms with Gasteiger partial charge in [0, 0.05) is 32.1 Å². The molecule has 2 amide bonds. The Labute approximate surface area is 255 Å². The van der Waals surface area contributed by atoms with Gasteiger partial charge in [-0.15, -0.1) is 0 Å². The molecule has 0 heterocycles. The number of likely N-dealkylation sites (N-methyl/N-ethyl adjacent to an activating group) is 1. The lowest BCUT2D eigenvalue weighted by Gasteiger charge is -2.33. The summed E-state index contributed by atoms with van der Waals surface area (Å²) in [6, 6.07) is 27.6. The number of non-ortho nitro benzene ring substituents is 1. The number of nitro groups is 1. The van der Waals surface area contributed by atoms with E-state index in [2.05, 4.69) is 5.32 Å². The van der Waals surface area contributed by atoms with Crippen molar-refractivity contribution in [1.82, 2.24) is 10.2 Å². The van der Waals surface area contributed by atoms with Gasteiger partial charge in [-0.2, -0.15) is 0 Å². The average molecular weight is 617 g/mol. The van der Waals surface area contributed by atoms with Crippen LogP contribution in [0.15, 0.2) is 114 Å².